The van der Waals surface area contributed by atoms with E-state index < -0.39 is 15.9 Å². The molecule has 1 aromatic heterocycles. The topological polar surface area (TPSA) is 97.3 Å². The van der Waals surface area contributed by atoms with Crippen molar-refractivity contribution in [3.05, 3.63) is 94.4 Å². The normalized spacial score (nSPS) is 11.4. The van der Waals surface area contributed by atoms with Crippen LogP contribution in [0.5, 0.6) is 0 Å². The molecule has 2 N–H and O–H groups in total. The first-order valence-electron chi connectivity index (χ1n) is 9.43. The van der Waals surface area contributed by atoms with E-state index in [0.29, 0.717) is 12.2 Å². The Morgan fingerprint density at radius 3 is 2.40 bits per heavy atom. The third-order valence-electron chi connectivity index (χ3n) is 4.26. The fourth-order valence-corrected chi connectivity index (χ4v) is 4.16. The Balaban J connectivity index is 1.71. The molecular formula is C22H23N3O4S. The zero-order chi connectivity index (χ0) is 21.7. The highest BCUT2D eigenvalue weighted by Gasteiger charge is 2.17. The van der Waals surface area contributed by atoms with Crippen molar-refractivity contribution in [2.24, 2.45) is 0 Å². The highest BCUT2D eigenvalue weighted by molar-refractivity contribution is 7.89. The molecule has 0 bridgehead atoms. The lowest BCUT2D eigenvalue weighted by atomic mass is 10.1. The second-order valence-electron chi connectivity index (χ2n) is 7.12. The van der Waals surface area contributed by atoms with Crippen molar-refractivity contribution < 1.29 is 13.2 Å². The number of benzene rings is 2. The van der Waals surface area contributed by atoms with Gasteiger partial charge in [0.2, 0.25) is 10.0 Å². The molecule has 30 heavy (non-hydrogen) atoms. The molecular weight excluding hydrogens is 402 g/mol. The van der Waals surface area contributed by atoms with Gasteiger partial charge >= 0.3 is 0 Å². The summed E-state index contributed by atoms with van der Waals surface area (Å²) in [6, 6.07) is 17.7. The third-order valence-corrected chi connectivity index (χ3v) is 5.92. The van der Waals surface area contributed by atoms with Gasteiger partial charge in [-0.3, -0.25) is 9.59 Å². The molecule has 156 valence electrons. The van der Waals surface area contributed by atoms with Gasteiger partial charge in [-0.05, 0) is 55.8 Å². The SMILES string of the molecule is CC(C)NS(=O)(=O)c1cccc(C(=O)Nc2ccc(Cn3ccccc3=O)cc2)c1. The Kier molecular flexibility index (Phi) is 6.49. The van der Waals surface area contributed by atoms with E-state index in [2.05, 4.69) is 10.0 Å². The quantitative estimate of drug-likeness (QED) is 0.608. The summed E-state index contributed by atoms with van der Waals surface area (Å²) in [4.78, 5) is 24.4. The lowest BCUT2D eigenvalue weighted by Crippen LogP contribution is -2.30. The van der Waals surface area contributed by atoms with E-state index in [9.17, 15) is 18.0 Å². The number of rotatable bonds is 7. The first-order chi connectivity index (χ1) is 14.2. The van der Waals surface area contributed by atoms with Gasteiger partial charge < -0.3 is 9.88 Å². The molecule has 0 aliphatic carbocycles. The summed E-state index contributed by atoms with van der Waals surface area (Å²) in [6.07, 6.45) is 1.72. The molecule has 8 heteroatoms. The summed E-state index contributed by atoms with van der Waals surface area (Å²) in [5, 5.41) is 2.76. The number of aromatic nitrogens is 1. The zero-order valence-electron chi connectivity index (χ0n) is 16.7. The second kappa shape index (κ2) is 9.06. The molecule has 2 aromatic carbocycles. The van der Waals surface area contributed by atoms with Gasteiger partial charge in [-0.1, -0.05) is 24.3 Å². The molecule has 0 unspecified atom stereocenters. The first-order valence-corrected chi connectivity index (χ1v) is 10.9. The van der Waals surface area contributed by atoms with Gasteiger partial charge in [-0.25, -0.2) is 13.1 Å². The maximum absolute atomic E-state index is 12.6. The van der Waals surface area contributed by atoms with E-state index in [4.69, 9.17) is 0 Å². The fourth-order valence-electron chi connectivity index (χ4n) is 2.87. The Labute approximate surface area is 175 Å². The van der Waals surface area contributed by atoms with Crippen LogP contribution in [0.3, 0.4) is 0 Å². The molecule has 0 saturated carbocycles. The number of amides is 1. The van der Waals surface area contributed by atoms with Gasteiger partial charge in [-0.15, -0.1) is 0 Å². The molecule has 0 fully saturated rings. The average molecular weight is 426 g/mol. The summed E-state index contributed by atoms with van der Waals surface area (Å²) >= 11 is 0. The first kappa shape index (κ1) is 21.5. The maximum atomic E-state index is 12.6. The minimum atomic E-state index is -3.69. The van der Waals surface area contributed by atoms with Crippen molar-refractivity contribution in [3.63, 3.8) is 0 Å². The number of carbonyl (C=O) groups is 1. The molecule has 0 aliphatic rings. The fraction of sp³-hybridized carbons (Fsp3) is 0.182. The maximum Gasteiger partial charge on any atom is 0.255 e. The number of nitrogens with one attached hydrogen (secondary N) is 2. The smallest absolute Gasteiger partial charge is 0.255 e. The van der Waals surface area contributed by atoms with Crippen LogP contribution in [0.15, 0.2) is 82.6 Å². The van der Waals surface area contributed by atoms with Gasteiger partial charge in [0, 0.05) is 29.6 Å². The highest BCUT2D eigenvalue weighted by Crippen LogP contribution is 2.15. The van der Waals surface area contributed by atoms with Crippen molar-refractivity contribution >= 4 is 21.6 Å². The minimum Gasteiger partial charge on any atom is -0.322 e. The van der Waals surface area contributed by atoms with E-state index >= 15 is 0 Å². The Hall–Kier alpha value is -3.23. The van der Waals surface area contributed by atoms with Crippen LogP contribution in [0.2, 0.25) is 0 Å². The second-order valence-corrected chi connectivity index (χ2v) is 8.84. The predicted molar refractivity (Wildman–Crippen MR) is 116 cm³/mol. The lowest BCUT2D eigenvalue weighted by Gasteiger charge is -2.11. The summed E-state index contributed by atoms with van der Waals surface area (Å²) in [7, 11) is -3.69. The van der Waals surface area contributed by atoms with Gasteiger partial charge in [0.05, 0.1) is 11.4 Å². The summed E-state index contributed by atoms with van der Waals surface area (Å²) < 4.78 is 28.7. The number of pyridine rings is 1. The van der Waals surface area contributed by atoms with Crippen LogP contribution in [-0.4, -0.2) is 24.9 Å². The summed E-state index contributed by atoms with van der Waals surface area (Å²) in [6.45, 7) is 3.88. The minimum absolute atomic E-state index is 0.0347. The van der Waals surface area contributed by atoms with Crippen molar-refractivity contribution in [3.8, 4) is 0 Å². The van der Waals surface area contributed by atoms with E-state index in [1.807, 2.05) is 12.1 Å². The van der Waals surface area contributed by atoms with Crippen molar-refractivity contribution in [1.29, 1.82) is 0 Å². The van der Waals surface area contributed by atoms with E-state index in [-0.39, 0.29) is 22.1 Å². The predicted octanol–water partition coefficient (Wildman–Crippen LogP) is 2.84. The largest absolute Gasteiger partial charge is 0.322 e. The Bertz CT molecular complexity index is 1200. The van der Waals surface area contributed by atoms with Crippen LogP contribution in [0.4, 0.5) is 5.69 Å². The molecule has 1 heterocycles. The van der Waals surface area contributed by atoms with Crippen molar-refractivity contribution in [2.45, 2.75) is 31.3 Å². The molecule has 0 aliphatic heterocycles. The number of hydrogen-bond donors (Lipinski definition) is 2. The summed E-state index contributed by atoms with van der Waals surface area (Å²) in [5.74, 6) is -0.413. The summed E-state index contributed by atoms with van der Waals surface area (Å²) in [5.41, 5.74) is 1.63. The van der Waals surface area contributed by atoms with E-state index in [1.54, 1.807) is 54.9 Å². The molecule has 0 saturated heterocycles. The van der Waals surface area contributed by atoms with Gasteiger partial charge in [0.1, 0.15) is 0 Å². The molecule has 0 atom stereocenters. The van der Waals surface area contributed by atoms with Crippen molar-refractivity contribution in [2.75, 3.05) is 5.32 Å². The van der Waals surface area contributed by atoms with Gasteiger partial charge in [0.25, 0.3) is 11.5 Å². The molecule has 0 spiro atoms. The molecule has 3 aromatic rings. The Morgan fingerprint density at radius 1 is 1.00 bits per heavy atom. The van der Waals surface area contributed by atoms with E-state index in [0.717, 1.165) is 5.56 Å². The van der Waals surface area contributed by atoms with Crippen LogP contribution in [-0.2, 0) is 16.6 Å². The number of anilines is 1. The standard InChI is InChI=1S/C22H23N3O4S/c1-16(2)24-30(28,29)20-7-5-6-18(14-20)22(27)23-19-11-9-17(10-12-19)15-25-13-4-3-8-21(25)26/h3-14,16,24H,15H2,1-2H3,(H,23,27). The van der Waals surface area contributed by atoms with Crippen molar-refractivity contribution in [1.82, 2.24) is 9.29 Å². The number of carbonyl (C=O) groups excluding carboxylic acids is 1. The van der Waals surface area contributed by atoms with Crippen LogP contribution in [0.1, 0.15) is 29.8 Å². The van der Waals surface area contributed by atoms with Crippen LogP contribution < -0.4 is 15.6 Å². The third kappa shape index (κ3) is 5.43. The highest BCUT2D eigenvalue weighted by atomic mass is 32.2. The average Bonchev–Trinajstić information content (AvgIpc) is 2.70. The van der Waals surface area contributed by atoms with E-state index in [1.165, 1.54) is 24.3 Å². The number of sulfonamides is 1. The molecule has 0 radical (unpaired) electrons. The zero-order valence-corrected chi connectivity index (χ0v) is 17.5. The molecule has 3 rings (SSSR count). The lowest BCUT2D eigenvalue weighted by molar-refractivity contribution is 0.102. The monoisotopic (exact) mass is 425 g/mol. The number of hydrogen-bond acceptors (Lipinski definition) is 4. The molecule has 1 amide bonds. The number of nitrogens with zero attached hydrogens (tertiary/aromatic N) is 1. The van der Waals surface area contributed by atoms with Crippen LogP contribution in [0.25, 0.3) is 0 Å². The van der Waals surface area contributed by atoms with Gasteiger partial charge in [0.15, 0.2) is 0 Å². The van der Waals surface area contributed by atoms with Gasteiger partial charge in [-0.2, -0.15) is 0 Å². The Morgan fingerprint density at radius 2 is 1.73 bits per heavy atom. The van der Waals surface area contributed by atoms with Crippen LogP contribution in [0, 0.1) is 0 Å². The van der Waals surface area contributed by atoms with Crippen LogP contribution >= 0.6 is 0 Å². The molecule has 7 nitrogen and oxygen atoms in total.